The highest BCUT2D eigenvalue weighted by molar-refractivity contribution is 8.00. The molecule has 0 aliphatic carbocycles. The van der Waals surface area contributed by atoms with E-state index in [0.29, 0.717) is 0 Å². The fourth-order valence-electron chi connectivity index (χ4n) is 0.879. The molecule has 1 aromatic heterocycles. The van der Waals surface area contributed by atoms with E-state index in [2.05, 4.69) is 0 Å². The maximum absolute atomic E-state index is 10.8. The third kappa shape index (κ3) is 3.41. The van der Waals surface area contributed by atoms with Crippen LogP contribution in [0.5, 0.6) is 0 Å². The van der Waals surface area contributed by atoms with E-state index in [1.807, 2.05) is 0 Å². The van der Waals surface area contributed by atoms with Gasteiger partial charge in [0.05, 0.1) is 0 Å². The highest BCUT2D eigenvalue weighted by atomic mass is 35.5. The molecule has 4 nitrogen and oxygen atoms in total. The first kappa shape index (κ1) is 13.9. The lowest BCUT2D eigenvalue weighted by Gasteiger charge is -2.02. The Morgan fingerprint density at radius 2 is 1.94 bits per heavy atom. The summed E-state index contributed by atoms with van der Waals surface area (Å²) < 4.78 is 2.72. The number of carbonyl (C=O) groups excluding carboxylic acids is 1. The summed E-state index contributed by atoms with van der Waals surface area (Å²) in [6.07, 6.45) is 0. The second-order valence-corrected chi connectivity index (χ2v) is 6.43. The van der Waals surface area contributed by atoms with Crippen LogP contribution in [-0.2, 0) is 11.8 Å². The molecule has 16 heavy (non-hydrogen) atoms. The van der Waals surface area contributed by atoms with E-state index in [1.54, 1.807) is 29.5 Å². The zero-order valence-corrected chi connectivity index (χ0v) is 11.7. The molecule has 2 rings (SSSR count). The molecular formula is C8H10Cl2N2O2S2. The van der Waals surface area contributed by atoms with Crippen LogP contribution in [0.2, 0.25) is 0 Å². The van der Waals surface area contributed by atoms with Gasteiger partial charge in [-0.2, -0.15) is 0 Å². The maximum atomic E-state index is 10.8. The maximum Gasteiger partial charge on any atom is 0.260 e. The van der Waals surface area contributed by atoms with Crippen molar-refractivity contribution in [2.45, 2.75) is 10.1 Å². The number of alkyl halides is 2. The molecular weight excluding hydrogens is 291 g/mol. The number of halogens is 2. The summed E-state index contributed by atoms with van der Waals surface area (Å²) in [4.78, 5) is 21.2. The van der Waals surface area contributed by atoms with Gasteiger partial charge in [-0.05, 0) is 11.9 Å². The fraction of sp³-hybridized carbons (Fsp3) is 0.500. The third-order valence-corrected chi connectivity index (χ3v) is 4.71. The van der Waals surface area contributed by atoms with Crippen LogP contribution in [0.3, 0.4) is 0 Å². The van der Waals surface area contributed by atoms with E-state index in [0.717, 1.165) is 0 Å². The number of rotatable bonds is 0. The SMILES string of the molecule is CN1SC(Cl)C(Cl)C1=O.Cn1sccc1=O. The predicted molar refractivity (Wildman–Crippen MR) is 69.2 cm³/mol. The minimum absolute atomic E-state index is 0.0741. The van der Waals surface area contributed by atoms with E-state index >= 15 is 0 Å². The summed E-state index contributed by atoms with van der Waals surface area (Å²) in [5.74, 6) is -0.110. The molecule has 90 valence electrons. The first-order valence-corrected chi connectivity index (χ1v) is 6.81. The molecule has 1 amide bonds. The van der Waals surface area contributed by atoms with Gasteiger partial charge in [0, 0.05) is 25.5 Å². The Kier molecular flexibility index (Phi) is 5.17. The van der Waals surface area contributed by atoms with Crippen LogP contribution in [0.1, 0.15) is 0 Å². The lowest BCUT2D eigenvalue weighted by Crippen LogP contribution is -2.21. The van der Waals surface area contributed by atoms with Gasteiger partial charge in [-0.3, -0.25) is 17.9 Å². The van der Waals surface area contributed by atoms with Gasteiger partial charge >= 0.3 is 0 Å². The topological polar surface area (TPSA) is 42.3 Å². The summed E-state index contributed by atoms with van der Waals surface area (Å²) in [5, 5.41) is 1.21. The van der Waals surface area contributed by atoms with Crippen molar-refractivity contribution in [2.75, 3.05) is 7.05 Å². The van der Waals surface area contributed by atoms with Crippen LogP contribution in [0, 0.1) is 0 Å². The molecule has 0 saturated carbocycles. The largest absolute Gasteiger partial charge is 0.287 e. The first-order valence-electron chi connectivity index (χ1n) is 4.27. The number of nitrogens with zero attached hydrogens (tertiary/aromatic N) is 2. The van der Waals surface area contributed by atoms with Crippen LogP contribution in [0.25, 0.3) is 0 Å². The Balaban J connectivity index is 0.000000165. The first-order chi connectivity index (χ1) is 7.43. The van der Waals surface area contributed by atoms with Crippen molar-refractivity contribution >= 4 is 52.6 Å². The molecule has 8 heteroatoms. The van der Waals surface area contributed by atoms with Crippen molar-refractivity contribution in [1.82, 2.24) is 8.26 Å². The molecule has 0 N–H and O–H groups in total. The lowest BCUT2D eigenvalue weighted by atomic mass is 10.4. The van der Waals surface area contributed by atoms with E-state index in [1.165, 1.54) is 27.8 Å². The fourth-order valence-corrected chi connectivity index (χ4v) is 2.96. The summed E-state index contributed by atoms with van der Waals surface area (Å²) in [6, 6.07) is 1.55. The van der Waals surface area contributed by atoms with Crippen LogP contribution in [0.4, 0.5) is 0 Å². The number of aryl methyl sites for hydroxylation is 1. The molecule has 2 heterocycles. The number of carbonyl (C=O) groups is 1. The standard InChI is InChI=1S/C4H5Cl2NOS.C4H5NOS/c1-7-4(8)2(5)3(6)9-7;1-5-4(6)2-3-7-5/h2-3H,1H3;2-3H,1H3. The molecule has 0 spiro atoms. The highest BCUT2D eigenvalue weighted by Gasteiger charge is 2.36. The van der Waals surface area contributed by atoms with Crippen molar-refractivity contribution in [1.29, 1.82) is 0 Å². The Labute approximate surface area is 111 Å². The number of hydrogen-bond acceptors (Lipinski definition) is 4. The molecule has 0 radical (unpaired) electrons. The summed E-state index contributed by atoms with van der Waals surface area (Å²) in [6.45, 7) is 0. The molecule has 1 fully saturated rings. The van der Waals surface area contributed by atoms with Crippen molar-refractivity contribution in [3.63, 3.8) is 0 Å². The molecule has 1 aliphatic heterocycles. The Bertz CT molecular complexity index is 420. The van der Waals surface area contributed by atoms with E-state index in [-0.39, 0.29) is 16.2 Å². The van der Waals surface area contributed by atoms with Gasteiger partial charge in [-0.25, -0.2) is 0 Å². The molecule has 0 bridgehead atoms. The number of aromatic nitrogens is 1. The van der Waals surface area contributed by atoms with Gasteiger partial charge in [0.2, 0.25) is 0 Å². The smallest absolute Gasteiger partial charge is 0.260 e. The van der Waals surface area contributed by atoms with Gasteiger partial charge in [-0.15, -0.1) is 23.2 Å². The van der Waals surface area contributed by atoms with Crippen LogP contribution < -0.4 is 5.56 Å². The highest BCUT2D eigenvalue weighted by Crippen LogP contribution is 2.33. The minimum atomic E-state index is -0.554. The van der Waals surface area contributed by atoms with Gasteiger partial charge in [0.25, 0.3) is 11.5 Å². The summed E-state index contributed by atoms with van der Waals surface area (Å²) >= 11 is 13.8. The van der Waals surface area contributed by atoms with E-state index < -0.39 is 5.38 Å². The van der Waals surface area contributed by atoms with Crippen molar-refractivity contribution in [3.8, 4) is 0 Å². The Morgan fingerprint density at radius 3 is 2.06 bits per heavy atom. The summed E-state index contributed by atoms with van der Waals surface area (Å²) in [5.41, 5.74) is 0.0741. The van der Waals surface area contributed by atoms with Gasteiger partial charge in [0.1, 0.15) is 10.1 Å². The molecule has 2 atom stereocenters. The molecule has 1 aliphatic rings. The average Bonchev–Trinajstić information content (AvgIpc) is 2.70. The normalized spacial score (nSPS) is 24.2. The average molecular weight is 301 g/mol. The minimum Gasteiger partial charge on any atom is -0.287 e. The molecule has 1 aromatic rings. The van der Waals surface area contributed by atoms with Crippen molar-refractivity contribution in [2.24, 2.45) is 7.05 Å². The van der Waals surface area contributed by atoms with Crippen LogP contribution >= 0.6 is 46.7 Å². The van der Waals surface area contributed by atoms with Gasteiger partial charge in [0.15, 0.2) is 0 Å². The van der Waals surface area contributed by atoms with E-state index in [4.69, 9.17) is 23.2 Å². The zero-order chi connectivity index (χ0) is 12.3. The Morgan fingerprint density at radius 1 is 1.31 bits per heavy atom. The molecule has 2 unspecified atom stereocenters. The second kappa shape index (κ2) is 5.95. The summed E-state index contributed by atoms with van der Waals surface area (Å²) in [7, 11) is 3.40. The van der Waals surface area contributed by atoms with Gasteiger partial charge < -0.3 is 0 Å². The second-order valence-electron chi connectivity index (χ2n) is 2.94. The lowest BCUT2D eigenvalue weighted by molar-refractivity contribution is -0.123. The Hall–Kier alpha value is -0.170. The van der Waals surface area contributed by atoms with Crippen LogP contribution in [0.15, 0.2) is 16.2 Å². The zero-order valence-electron chi connectivity index (χ0n) is 8.59. The molecule has 0 aromatic carbocycles. The van der Waals surface area contributed by atoms with Crippen LogP contribution in [-0.4, -0.2) is 31.3 Å². The number of amides is 1. The van der Waals surface area contributed by atoms with Crippen molar-refractivity contribution in [3.05, 3.63) is 21.8 Å². The quantitative estimate of drug-likeness (QED) is 0.541. The third-order valence-electron chi connectivity index (χ3n) is 1.78. The van der Waals surface area contributed by atoms with E-state index in [9.17, 15) is 9.59 Å². The number of hydrogen-bond donors (Lipinski definition) is 0. The van der Waals surface area contributed by atoms with Crippen molar-refractivity contribution < 1.29 is 4.79 Å². The molecule has 1 saturated heterocycles. The predicted octanol–water partition coefficient (Wildman–Crippen LogP) is 1.73. The monoisotopic (exact) mass is 300 g/mol. The van der Waals surface area contributed by atoms with Gasteiger partial charge in [-0.1, -0.05) is 11.5 Å².